The molecule has 2 rings (SSSR count). The Bertz CT molecular complexity index is 560. The summed E-state index contributed by atoms with van der Waals surface area (Å²) >= 11 is 15.4. The first-order valence-electron chi connectivity index (χ1n) is 4.77. The summed E-state index contributed by atoms with van der Waals surface area (Å²) in [5.74, 6) is 0.644. The van der Waals surface area contributed by atoms with Gasteiger partial charge in [-0.05, 0) is 25.1 Å². The number of rotatable bonds is 2. The van der Waals surface area contributed by atoms with Gasteiger partial charge in [-0.15, -0.1) is 0 Å². The number of halogens is 3. The van der Waals surface area contributed by atoms with Gasteiger partial charge in [0.05, 0.1) is 10.7 Å². The standard InChI is InChI=1S/C11H8BrCl2N3/c1-6-10(14)15-5-16-11(6)17-9-4-7(12)2-3-8(9)13/h2-5H,1H3,(H,15,16,17). The minimum atomic E-state index is 0.425. The predicted octanol–water partition coefficient (Wildman–Crippen LogP) is 4.60. The average molecular weight is 333 g/mol. The van der Waals surface area contributed by atoms with Gasteiger partial charge in [0.25, 0.3) is 0 Å². The van der Waals surface area contributed by atoms with Crippen LogP contribution in [0.3, 0.4) is 0 Å². The van der Waals surface area contributed by atoms with Crippen molar-refractivity contribution in [3.63, 3.8) is 0 Å². The topological polar surface area (TPSA) is 37.8 Å². The highest BCUT2D eigenvalue weighted by atomic mass is 79.9. The molecule has 0 aliphatic heterocycles. The Hall–Kier alpha value is -0.840. The van der Waals surface area contributed by atoms with Gasteiger partial charge in [-0.3, -0.25) is 0 Å². The molecule has 1 N–H and O–H groups in total. The van der Waals surface area contributed by atoms with Gasteiger partial charge < -0.3 is 5.32 Å². The molecule has 0 spiro atoms. The molecule has 6 heteroatoms. The number of aromatic nitrogens is 2. The van der Waals surface area contributed by atoms with Gasteiger partial charge in [0, 0.05) is 10.0 Å². The Morgan fingerprint density at radius 2 is 2.00 bits per heavy atom. The molecule has 2 aromatic rings. The van der Waals surface area contributed by atoms with E-state index in [0.29, 0.717) is 16.0 Å². The van der Waals surface area contributed by atoms with E-state index in [1.54, 1.807) is 6.07 Å². The fraction of sp³-hybridized carbons (Fsp3) is 0.0909. The molecular weight excluding hydrogens is 325 g/mol. The lowest BCUT2D eigenvalue weighted by Gasteiger charge is -2.10. The number of anilines is 2. The Balaban J connectivity index is 2.38. The van der Waals surface area contributed by atoms with Crippen LogP contribution in [-0.2, 0) is 0 Å². The maximum absolute atomic E-state index is 6.08. The van der Waals surface area contributed by atoms with Crippen molar-refractivity contribution in [2.45, 2.75) is 6.92 Å². The summed E-state index contributed by atoms with van der Waals surface area (Å²) in [6, 6.07) is 5.54. The Morgan fingerprint density at radius 3 is 2.76 bits per heavy atom. The Labute approximate surface area is 117 Å². The van der Waals surface area contributed by atoms with E-state index < -0.39 is 0 Å². The molecule has 17 heavy (non-hydrogen) atoms. The smallest absolute Gasteiger partial charge is 0.138 e. The van der Waals surface area contributed by atoms with Crippen LogP contribution in [0.4, 0.5) is 11.5 Å². The second-order valence-corrected chi connectivity index (χ2v) is 5.07. The van der Waals surface area contributed by atoms with E-state index in [4.69, 9.17) is 23.2 Å². The molecule has 0 fully saturated rings. The third kappa shape index (κ3) is 2.89. The SMILES string of the molecule is Cc1c(Cl)ncnc1Nc1cc(Br)ccc1Cl. The van der Waals surface area contributed by atoms with Crippen LogP contribution in [0.1, 0.15) is 5.56 Å². The van der Waals surface area contributed by atoms with Gasteiger partial charge in [0.2, 0.25) is 0 Å². The van der Waals surface area contributed by atoms with E-state index in [1.165, 1.54) is 6.33 Å². The van der Waals surface area contributed by atoms with Crippen molar-refractivity contribution >= 4 is 50.6 Å². The number of benzene rings is 1. The van der Waals surface area contributed by atoms with Crippen LogP contribution in [0.25, 0.3) is 0 Å². The maximum atomic E-state index is 6.08. The van der Waals surface area contributed by atoms with Crippen LogP contribution >= 0.6 is 39.1 Å². The number of hydrogen-bond donors (Lipinski definition) is 1. The molecule has 3 nitrogen and oxygen atoms in total. The molecule has 88 valence electrons. The van der Waals surface area contributed by atoms with Gasteiger partial charge in [-0.2, -0.15) is 0 Å². The summed E-state index contributed by atoms with van der Waals surface area (Å²) in [5.41, 5.74) is 1.55. The minimum absolute atomic E-state index is 0.425. The van der Waals surface area contributed by atoms with E-state index in [-0.39, 0.29) is 0 Å². The fourth-order valence-corrected chi connectivity index (χ4v) is 1.93. The van der Waals surface area contributed by atoms with Crippen molar-refractivity contribution < 1.29 is 0 Å². The van der Waals surface area contributed by atoms with Crippen molar-refractivity contribution in [2.75, 3.05) is 5.32 Å². The van der Waals surface area contributed by atoms with E-state index in [1.807, 2.05) is 19.1 Å². The van der Waals surface area contributed by atoms with Gasteiger partial charge in [0.15, 0.2) is 0 Å². The Morgan fingerprint density at radius 1 is 1.24 bits per heavy atom. The second kappa shape index (κ2) is 5.21. The lowest BCUT2D eigenvalue weighted by Crippen LogP contribution is -1.98. The molecule has 0 radical (unpaired) electrons. The quantitative estimate of drug-likeness (QED) is 0.817. The first-order valence-corrected chi connectivity index (χ1v) is 6.32. The van der Waals surface area contributed by atoms with E-state index >= 15 is 0 Å². The highest BCUT2D eigenvalue weighted by Crippen LogP contribution is 2.29. The zero-order valence-electron chi connectivity index (χ0n) is 8.84. The molecule has 0 atom stereocenters. The third-order valence-corrected chi connectivity index (χ3v) is 3.41. The lowest BCUT2D eigenvalue weighted by molar-refractivity contribution is 1.13. The number of nitrogens with one attached hydrogen (secondary N) is 1. The Kier molecular flexibility index (Phi) is 3.86. The zero-order valence-corrected chi connectivity index (χ0v) is 11.9. The van der Waals surface area contributed by atoms with Crippen molar-refractivity contribution in [2.24, 2.45) is 0 Å². The monoisotopic (exact) mass is 331 g/mol. The minimum Gasteiger partial charge on any atom is -0.339 e. The van der Waals surface area contributed by atoms with E-state index in [9.17, 15) is 0 Å². The average Bonchev–Trinajstić information content (AvgIpc) is 2.30. The summed E-state index contributed by atoms with van der Waals surface area (Å²) < 4.78 is 0.933. The van der Waals surface area contributed by atoms with Crippen LogP contribution in [0, 0.1) is 6.92 Å². The maximum Gasteiger partial charge on any atom is 0.138 e. The predicted molar refractivity (Wildman–Crippen MR) is 74.2 cm³/mol. The van der Waals surface area contributed by atoms with E-state index in [2.05, 4.69) is 31.2 Å². The van der Waals surface area contributed by atoms with Crippen LogP contribution in [0.2, 0.25) is 10.2 Å². The van der Waals surface area contributed by atoms with Crippen molar-refractivity contribution in [1.82, 2.24) is 9.97 Å². The van der Waals surface area contributed by atoms with Crippen LogP contribution in [-0.4, -0.2) is 9.97 Å². The van der Waals surface area contributed by atoms with Crippen molar-refractivity contribution in [3.05, 3.63) is 44.7 Å². The number of nitrogens with zero attached hydrogens (tertiary/aromatic N) is 2. The van der Waals surface area contributed by atoms with Crippen molar-refractivity contribution in [1.29, 1.82) is 0 Å². The summed E-state index contributed by atoms with van der Waals surface area (Å²) in [6.07, 6.45) is 1.41. The summed E-state index contributed by atoms with van der Waals surface area (Å²) in [7, 11) is 0. The highest BCUT2D eigenvalue weighted by Gasteiger charge is 2.07. The molecule has 1 heterocycles. The number of hydrogen-bond acceptors (Lipinski definition) is 3. The molecule has 0 bridgehead atoms. The molecule has 1 aromatic carbocycles. The van der Waals surface area contributed by atoms with Gasteiger partial charge in [-0.1, -0.05) is 39.1 Å². The molecule has 1 aromatic heterocycles. The molecule has 0 aliphatic carbocycles. The summed E-state index contributed by atoms with van der Waals surface area (Å²) in [5, 5.41) is 4.16. The molecule has 0 aliphatic rings. The summed E-state index contributed by atoms with van der Waals surface area (Å²) in [4.78, 5) is 8.02. The van der Waals surface area contributed by atoms with E-state index in [0.717, 1.165) is 15.7 Å². The molecule has 0 saturated carbocycles. The van der Waals surface area contributed by atoms with Gasteiger partial charge in [0.1, 0.15) is 17.3 Å². The first-order chi connectivity index (χ1) is 8.08. The molecule has 0 saturated heterocycles. The van der Waals surface area contributed by atoms with Crippen LogP contribution in [0.5, 0.6) is 0 Å². The van der Waals surface area contributed by atoms with Crippen LogP contribution in [0.15, 0.2) is 29.0 Å². The highest BCUT2D eigenvalue weighted by molar-refractivity contribution is 9.10. The fourth-order valence-electron chi connectivity index (χ4n) is 1.28. The van der Waals surface area contributed by atoms with Crippen LogP contribution < -0.4 is 5.32 Å². The molecule has 0 amide bonds. The first kappa shape index (κ1) is 12.6. The zero-order chi connectivity index (χ0) is 12.4. The second-order valence-electron chi connectivity index (χ2n) is 3.39. The van der Waals surface area contributed by atoms with Crippen molar-refractivity contribution in [3.8, 4) is 0 Å². The lowest BCUT2D eigenvalue weighted by atomic mass is 10.3. The largest absolute Gasteiger partial charge is 0.339 e. The van der Waals surface area contributed by atoms with Gasteiger partial charge in [-0.25, -0.2) is 9.97 Å². The van der Waals surface area contributed by atoms with Gasteiger partial charge >= 0.3 is 0 Å². The molecular formula is C11H8BrCl2N3. The third-order valence-electron chi connectivity index (χ3n) is 2.20. The normalized spacial score (nSPS) is 10.4. The summed E-state index contributed by atoms with van der Waals surface area (Å²) in [6.45, 7) is 1.84. The molecule has 0 unspecified atom stereocenters.